The molecule has 0 saturated carbocycles. The normalized spacial score (nSPS) is 20.7. The van der Waals surface area contributed by atoms with Crippen LogP contribution >= 0.6 is 0 Å². The van der Waals surface area contributed by atoms with Crippen molar-refractivity contribution in [3.8, 4) is 11.3 Å². The van der Waals surface area contributed by atoms with Crippen LogP contribution in [-0.2, 0) is 16.1 Å². The molecule has 0 radical (unpaired) electrons. The van der Waals surface area contributed by atoms with Gasteiger partial charge in [-0.25, -0.2) is 4.98 Å². The van der Waals surface area contributed by atoms with Crippen molar-refractivity contribution in [2.24, 2.45) is 5.92 Å². The van der Waals surface area contributed by atoms with Crippen LogP contribution in [0.15, 0.2) is 41.3 Å². The molecule has 0 bridgehead atoms. The summed E-state index contributed by atoms with van der Waals surface area (Å²) in [5.41, 5.74) is 1.83. The van der Waals surface area contributed by atoms with Crippen molar-refractivity contribution >= 4 is 11.7 Å². The maximum atomic E-state index is 12.3. The van der Waals surface area contributed by atoms with Gasteiger partial charge in [0, 0.05) is 24.6 Å². The first-order valence-electron chi connectivity index (χ1n) is 8.40. The van der Waals surface area contributed by atoms with Crippen LogP contribution in [0, 0.1) is 5.92 Å². The zero-order valence-corrected chi connectivity index (χ0v) is 14.1. The minimum atomic E-state index is -1.38. The minimum Gasteiger partial charge on any atom is -0.444 e. The van der Waals surface area contributed by atoms with Gasteiger partial charge < -0.3 is 25.3 Å². The quantitative estimate of drug-likeness (QED) is 0.542. The number of aromatic nitrogens is 1. The third-order valence-electron chi connectivity index (χ3n) is 4.49. The number of Topliss-reactive ketones (excluding diaryl/α,β-unsaturated/α-hetero) is 1. The van der Waals surface area contributed by atoms with Crippen LogP contribution in [0.25, 0.3) is 11.3 Å². The predicted molar refractivity (Wildman–Crippen MR) is 91.8 cm³/mol. The number of hydrogen-bond acceptors (Lipinski definition) is 7. The zero-order valence-electron chi connectivity index (χ0n) is 14.1. The first-order valence-corrected chi connectivity index (χ1v) is 8.40. The molecule has 26 heavy (non-hydrogen) atoms. The Morgan fingerprint density at radius 1 is 1.35 bits per heavy atom. The molecule has 1 aromatic heterocycles. The summed E-state index contributed by atoms with van der Waals surface area (Å²) in [7, 11) is 0. The SMILES string of the molecule is O=C(NCc1ccc(-c2cnco2)cc1)[C@@H]1C[C@@H](C(=O)[C@@H](O)CO)CN1. The molecule has 138 valence electrons. The van der Waals surface area contributed by atoms with Gasteiger partial charge >= 0.3 is 0 Å². The Hall–Kier alpha value is -2.55. The van der Waals surface area contributed by atoms with Gasteiger partial charge in [-0.3, -0.25) is 9.59 Å². The van der Waals surface area contributed by atoms with Crippen LogP contribution in [0.1, 0.15) is 12.0 Å². The first kappa shape index (κ1) is 18.2. The van der Waals surface area contributed by atoms with Crippen molar-refractivity contribution < 1.29 is 24.2 Å². The van der Waals surface area contributed by atoms with E-state index in [4.69, 9.17) is 9.52 Å². The maximum absolute atomic E-state index is 12.3. The molecule has 0 spiro atoms. The van der Waals surface area contributed by atoms with Crippen LogP contribution < -0.4 is 10.6 Å². The lowest BCUT2D eigenvalue weighted by atomic mass is 9.97. The van der Waals surface area contributed by atoms with Crippen LogP contribution in [0.2, 0.25) is 0 Å². The van der Waals surface area contributed by atoms with Crippen LogP contribution in [0.3, 0.4) is 0 Å². The molecule has 8 nitrogen and oxygen atoms in total. The minimum absolute atomic E-state index is 0.196. The summed E-state index contributed by atoms with van der Waals surface area (Å²) in [6, 6.07) is 7.08. The molecule has 2 heterocycles. The zero-order chi connectivity index (χ0) is 18.5. The fourth-order valence-electron chi connectivity index (χ4n) is 2.97. The van der Waals surface area contributed by atoms with E-state index in [2.05, 4.69) is 15.6 Å². The molecule has 1 fully saturated rings. The van der Waals surface area contributed by atoms with Gasteiger partial charge in [0.25, 0.3) is 0 Å². The molecule has 1 aromatic carbocycles. The average molecular weight is 359 g/mol. The third kappa shape index (κ3) is 4.16. The lowest BCUT2D eigenvalue weighted by Gasteiger charge is -2.13. The second-order valence-electron chi connectivity index (χ2n) is 6.27. The molecule has 1 aliphatic rings. The van der Waals surface area contributed by atoms with Gasteiger partial charge in [0.15, 0.2) is 17.9 Å². The molecule has 1 aliphatic heterocycles. The van der Waals surface area contributed by atoms with E-state index in [1.807, 2.05) is 24.3 Å². The summed E-state index contributed by atoms with van der Waals surface area (Å²) >= 11 is 0. The van der Waals surface area contributed by atoms with Crippen molar-refractivity contribution in [3.63, 3.8) is 0 Å². The topological polar surface area (TPSA) is 125 Å². The van der Waals surface area contributed by atoms with E-state index >= 15 is 0 Å². The molecule has 2 aromatic rings. The Balaban J connectivity index is 1.49. The molecule has 4 N–H and O–H groups in total. The lowest BCUT2D eigenvalue weighted by Crippen LogP contribution is -2.40. The number of amides is 1. The Kier molecular flexibility index (Phi) is 5.77. The number of aliphatic hydroxyl groups is 2. The van der Waals surface area contributed by atoms with Crippen molar-refractivity contribution in [2.75, 3.05) is 13.2 Å². The van der Waals surface area contributed by atoms with Crippen LogP contribution in [0.4, 0.5) is 0 Å². The second kappa shape index (κ2) is 8.22. The number of ketones is 1. The van der Waals surface area contributed by atoms with E-state index in [-0.39, 0.29) is 5.91 Å². The van der Waals surface area contributed by atoms with E-state index in [9.17, 15) is 14.7 Å². The van der Waals surface area contributed by atoms with Crippen molar-refractivity contribution in [3.05, 3.63) is 42.4 Å². The molecule has 1 saturated heterocycles. The highest BCUT2D eigenvalue weighted by molar-refractivity contribution is 5.88. The van der Waals surface area contributed by atoms with E-state index in [1.165, 1.54) is 6.39 Å². The fraction of sp³-hybridized carbons (Fsp3) is 0.389. The Bertz CT molecular complexity index is 745. The standard InChI is InChI=1S/C18H21N3O5/c22-9-15(23)17(24)13-5-14(20-7-13)18(25)21-6-11-1-3-12(4-2-11)16-8-19-10-26-16/h1-4,8,10,13-15,20,22-23H,5-7,9H2,(H,21,25)/t13-,14+,15+/m1/s1. The van der Waals surface area contributed by atoms with Gasteiger partial charge in [-0.2, -0.15) is 0 Å². The average Bonchev–Trinajstić information content (AvgIpc) is 3.37. The third-order valence-corrected chi connectivity index (χ3v) is 4.49. The molecule has 0 unspecified atom stereocenters. The Labute approximate surface area is 150 Å². The number of benzene rings is 1. The summed E-state index contributed by atoms with van der Waals surface area (Å²) in [6.07, 6.45) is 1.93. The summed E-state index contributed by atoms with van der Waals surface area (Å²) in [6.45, 7) is 0.0850. The van der Waals surface area contributed by atoms with E-state index in [1.54, 1.807) is 6.20 Å². The molecule has 3 rings (SSSR count). The number of carbonyl (C=O) groups is 2. The number of hydrogen-bond donors (Lipinski definition) is 4. The molecular weight excluding hydrogens is 338 g/mol. The van der Waals surface area contributed by atoms with E-state index < -0.39 is 30.5 Å². The highest BCUT2D eigenvalue weighted by atomic mass is 16.3. The van der Waals surface area contributed by atoms with Gasteiger partial charge in [0.1, 0.15) is 6.10 Å². The highest BCUT2D eigenvalue weighted by Crippen LogP contribution is 2.19. The number of nitrogens with one attached hydrogen (secondary N) is 2. The second-order valence-corrected chi connectivity index (χ2v) is 6.27. The largest absolute Gasteiger partial charge is 0.444 e. The van der Waals surface area contributed by atoms with E-state index in [0.29, 0.717) is 25.3 Å². The molecule has 8 heteroatoms. The number of oxazole rings is 1. The van der Waals surface area contributed by atoms with Crippen LogP contribution in [0.5, 0.6) is 0 Å². The molecular formula is C18H21N3O5. The van der Waals surface area contributed by atoms with Gasteiger partial charge in [-0.1, -0.05) is 24.3 Å². The molecule has 0 aliphatic carbocycles. The lowest BCUT2D eigenvalue weighted by molar-refractivity contribution is -0.132. The van der Waals surface area contributed by atoms with Gasteiger partial charge in [0.2, 0.25) is 5.91 Å². The first-order chi connectivity index (χ1) is 12.6. The number of nitrogens with zero attached hydrogens (tertiary/aromatic N) is 1. The van der Waals surface area contributed by atoms with Gasteiger partial charge in [-0.15, -0.1) is 0 Å². The maximum Gasteiger partial charge on any atom is 0.237 e. The summed E-state index contributed by atoms with van der Waals surface area (Å²) in [5.74, 6) is -0.415. The summed E-state index contributed by atoms with van der Waals surface area (Å²) in [4.78, 5) is 28.0. The molecule has 3 atom stereocenters. The predicted octanol–water partition coefficient (Wildman–Crippen LogP) is -0.142. The highest BCUT2D eigenvalue weighted by Gasteiger charge is 2.35. The van der Waals surface area contributed by atoms with Crippen molar-refractivity contribution in [2.45, 2.75) is 25.1 Å². The smallest absolute Gasteiger partial charge is 0.237 e. The van der Waals surface area contributed by atoms with Crippen molar-refractivity contribution in [1.29, 1.82) is 0 Å². The number of aliphatic hydroxyl groups excluding tert-OH is 2. The number of carbonyl (C=O) groups excluding carboxylic acids is 2. The monoisotopic (exact) mass is 359 g/mol. The summed E-state index contributed by atoms with van der Waals surface area (Å²) in [5, 5.41) is 24.1. The Morgan fingerprint density at radius 2 is 2.12 bits per heavy atom. The fourth-order valence-corrected chi connectivity index (χ4v) is 2.97. The molecule has 1 amide bonds. The van der Waals surface area contributed by atoms with E-state index in [0.717, 1.165) is 11.1 Å². The number of rotatable bonds is 7. The summed E-state index contributed by atoms with van der Waals surface area (Å²) < 4.78 is 5.23. The van der Waals surface area contributed by atoms with Gasteiger partial charge in [0.05, 0.1) is 18.8 Å². The van der Waals surface area contributed by atoms with Gasteiger partial charge in [-0.05, 0) is 12.0 Å². The van der Waals surface area contributed by atoms with Crippen LogP contribution in [-0.4, -0.2) is 52.2 Å². The Morgan fingerprint density at radius 3 is 2.77 bits per heavy atom. The van der Waals surface area contributed by atoms with Crippen molar-refractivity contribution in [1.82, 2.24) is 15.6 Å².